The average molecular weight is 1080 g/mol. The highest BCUT2D eigenvalue weighted by Crippen LogP contribution is 2.52. The Labute approximate surface area is 479 Å². The Hall–Kier alpha value is -10.6. The fourth-order valence-corrected chi connectivity index (χ4v) is 10.5. The molecule has 406 valence electrons. The molecule has 10 heteroatoms. The van der Waals surface area contributed by atoms with Gasteiger partial charge in [0.15, 0.2) is 0 Å². The van der Waals surface area contributed by atoms with Crippen LogP contribution in [-0.4, -0.2) is 42.7 Å². The van der Waals surface area contributed by atoms with E-state index >= 15 is 0 Å². The molecule has 0 aliphatic rings. The van der Waals surface area contributed by atoms with E-state index in [4.69, 9.17) is 28.4 Å². The molecule has 0 aliphatic carbocycles. The highest BCUT2D eigenvalue weighted by Gasteiger charge is 2.26. The van der Waals surface area contributed by atoms with Crippen LogP contribution in [0.3, 0.4) is 0 Å². The summed E-state index contributed by atoms with van der Waals surface area (Å²) >= 11 is 0. The van der Waals surface area contributed by atoms with Gasteiger partial charge < -0.3 is 49.7 Å². The SMILES string of the molecule is COc1ccccc1-c1ccc(OC)c(-c2cc(-c3cc(-c4cc(-c5cc(-c6ccccc6OC)ccc5OC)c(OC)cc4Nc4ccccc4)c(Nc4ccccc4)cc3Nc3ccccc3)c(Nc3ccccc3)cc2OC)c1. The molecule has 0 amide bonds. The maximum Gasteiger partial charge on any atom is 0.128 e. The van der Waals surface area contributed by atoms with Gasteiger partial charge in [0.1, 0.15) is 34.5 Å². The second kappa shape index (κ2) is 24.6. The fourth-order valence-electron chi connectivity index (χ4n) is 10.5. The molecule has 0 aliphatic heterocycles. The lowest BCUT2D eigenvalue weighted by Gasteiger charge is -2.25. The van der Waals surface area contributed by atoms with Crippen LogP contribution < -0.4 is 49.7 Å². The first kappa shape index (κ1) is 53.4. The van der Waals surface area contributed by atoms with Crippen molar-refractivity contribution in [3.05, 3.63) is 243 Å². The van der Waals surface area contributed by atoms with E-state index in [1.807, 2.05) is 121 Å². The summed E-state index contributed by atoms with van der Waals surface area (Å²) in [7, 11) is 10.2. The van der Waals surface area contributed by atoms with Crippen molar-refractivity contribution in [2.24, 2.45) is 0 Å². The molecular formula is C72H62N4O6. The summed E-state index contributed by atoms with van der Waals surface area (Å²) < 4.78 is 37.0. The third-order valence-corrected chi connectivity index (χ3v) is 14.4. The van der Waals surface area contributed by atoms with Gasteiger partial charge in [0.05, 0.1) is 54.0 Å². The topological polar surface area (TPSA) is 104 Å². The third kappa shape index (κ3) is 11.3. The van der Waals surface area contributed by atoms with E-state index in [2.05, 4.69) is 143 Å². The molecule has 82 heavy (non-hydrogen) atoms. The summed E-state index contributed by atoms with van der Waals surface area (Å²) in [6, 6.07) is 82.3. The van der Waals surface area contributed by atoms with Crippen LogP contribution in [0.15, 0.2) is 243 Å². The molecule has 11 aromatic rings. The highest BCUT2D eigenvalue weighted by atomic mass is 16.5. The van der Waals surface area contributed by atoms with Gasteiger partial charge in [-0.3, -0.25) is 0 Å². The molecular weight excluding hydrogens is 1020 g/mol. The number of nitrogens with one attached hydrogen (secondary N) is 4. The summed E-state index contributed by atoms with van der Waals surface area (Å²) in [5.41, 5.74) is 17.4. The van der Waals surface area contributed by atoms with E-state index in [9.17, 15) is 0 Å². The number of benzene rings is 11. The van der Waals surface area contributed by atoms with Crippen molar-refractivity contribution >= 4 is 45.5 Å². The average Bonchev–Trinajstić information content (AvgIpc) is 3.16. The molecule has 11 aromatic carbocycles. The molecule has 0 saturated carbocycles. The van der Waals surface area contributed by atoms with Gasteiger partial charge in [-0.2, -0.15) is 0 Å². The molecule has 0 radical (unpaired) electrons. The van der Waals surface area contributed by atoms with Gasteiger partial charge in [-0.05, 0) is 120 Å². The molecule has 0 saturated heterocycles. The summed E-state index contributed by atoms with van der Waals surface area (Å²) in [6.07, 6.45) is 0. The second-order valence-electron chi connectivity index (χ2n) is 19.3. The Bertz CT molecular complexity index is 3750. The Morgan fingerprint density at radius 2 is 0.451 bits per heavy atom. The standard InChI is InChI=1S/C72H62N4O6/c1-77-67-33-21-19-31-53(67)47-35-37-69(79-3)59(39-47)61-42-57(65(45-71(61)81-5)75-51-27-15-9-16-28-51)55-41-56(64(74-50-25-13-8-14-26-50)44-63(55)73-49-23-11-7-12-24-49)58-43-62(72(82-6)46-66(58)76-52-29-17-10-18-30-52)60-40-48(36-38-70(60)80-4)54-32-20-22-34-68(54)78-2/h7-46,73-76H,1-6H3. The minimum absolute atomic E-state index is 0.635. The van der Waals surface area contributed by atoms with Crippen molar-refractivity contribution < 1.29 is 28.4 Å². The van der Waals surface area contributed by atoms with Crippen LogP contribution in [0.1, 0.15) is 0 Å². The van der Waals surface area contributed by atoms with Crippen molar-refractivity contribution in [2.45, 2.75) is 0 Å². The van der Waals surface area contributed by atoms with Crippen LogP contribution in [0.5, 0.6) is 34.5 Å². The Kier molecular flexibility index (Phi) is 16.0. The quantitative estimate of drug-likeness (QED) is 0.0590. The first-order chi connectivity index (χ1) is 40.4. The summed E-state index contributed by atoms with van der Waals surface area (Å²) in [5.74, 6) is 4.13. The van der Waals surface area contributed by atoms with Crippen molar-refractivity contribution in [1.29, 1.82) is 0 Å². The van der Waals surface area contributed by atoms with Crippen LogP contribution >= 0.6 is 0 Å². The van der Waals surface area contributed by atoms with Crippen molar-refractivity contribution in [3.63, 3.8) is 0 Å². The smallest absolute Gasteiger partial charge is 0.128 e. The van der Waals surface area contributed by atoms with E-state index in [0.29, 0.717) is 23.0 Å². The van der Waals surface area contributed by atoms with Crippen LogP contribution in [-0.2, 0) is 0 Å². The van der Waals surface area contributed by atoms with Crippen LogP contribution in [0.4, 0.5) is 45.5 Å². The normalized spacial score (nSPS) is 10.8. The zero-order chi connectivity index (χ0) is 56.4. The number of hydrogen-bond acceptors (Lipinski definition) is 10. The number of rotatable bonds is 20. The predicted molar refractivity (Wildman–Crippen MR) is 337 cm³/mol. The first-order valence-electron chi connectivity index (χ1n) is 26.9. The van der Waals surface area contributed by atoms with Gasteiger partial charge in [-0.25, -0.2) is 0 Å². The van der Waals surface area contributed by atoms with Gasteiger partial charge in [0, 0.05) is 102 Å². The molecule has 11 rings (SSSR count). The first-order valence-corrected chi connectivity index (χ1v) is 26.9. The van der Waals surface area contributed by atoms with Gasteiger partial charge in [0.25, 0.3) is 0 Å². The molecule has 0 aromatic heterocycles. The molecule has 0 bridgehead atoms. The van der Waals surface area contributed by atoms with Gasteiger partial charge in [0.2, 0.25) is 0 Å². The minimum atomic E-state index is 0.635. The minimum Gasteiger partial charge on any atom is -0.496 e. The lowest BCUT2D eigenvalue weighted by atomic mass is 9.88. The number of anilines is 8. The van der Waals surface area contributed by atoms with E-state index in [1.54, 1.807) is 42.7 Å². The molecule has 0 atom stereocenters. The lowest BCUT2D eigenvalue weighted by molar-refractivity contribution is 0.410. The number of methoxy groups -OCH3 is 6. The van der Waals surface area contributed by atoms with E-state index < -0.39 is 0 Å². The summed E-state index contributed by atoms with van der Waals surface area (Å²) in [5, 5.41) is 15.4. The molecule has 0 fully saturated rings. The molecule has 0 spiro atoms. The van der Waals surface area contributed by atoms with Crippen molar-refractivity contribution in [3.8, 4) is 101 Å². The Morgan fingerprint density at radius 1 is 0.195 bits per heavy atom. The van der Waals surface area contributed by atoms with Gasteiger partial charge in [-0.15, -0.1) is 0 Å². The van der Waals surface area contributed by atoms with Gasteiger partial charge in [-0.1, -0.05) is 121 Å². The maximum absolute atomic E-state index is 6.40. The lowest BCUT2D eigenvalue weighted by Crippen LogP contribution is -2.04. The van der Waals surface area contributed by atoms with Gasteiger partial charge >= 0.3 is 0 Å². The van der Waals surface area contributed by atoms with E-state index in [-0.39, 0.29) is 0 Å². The fraction of sp³-hybridized carbons (Fsp3) is 0.0833. The van der Waals surface area contributed by atoms with E-state index in [1.165, 1.54) is 0 Å². The zero-order valence-electron chi connectivity index (χ0n) is 46.5. The van der Waals surface area contributed by atoms with Crippen molar-refractivity contribution in [2.75, 3.05) is 63.9 Å². The van der Waals surface area contributed by atoms with Crippen LogP contribution in [0.2, 0.25) is 0 Å². The Morgan fingerprint density at radius 3 is 0.768 bits per heavy atom. The monoisotopic (exact) mass is 1080 g/mol. The number of ether oxygens (including phenoxy) is 6. The van der Waals surface area contributed by atoms with Crippen LogP contribution in [0, 0.1) is 0 Å². The molecule has 0 heterocycles. The molecule has 4 N–H and O–H groups in total. The second-order valence-corrected chi connectivity index (χ2v) is 19.3. The summed E-state index contributed by atoms with van der Waals surface area (Å²) in [6.45, 7) is 0. The molecule has 0 unspecified atom stereocenters. The highest BCUT2D eigenvalue weighted by molar-refractivity contribution is 6.02. The number of hydrogen-bond donors (Lipinski definition) is 4. The zero-order valence-corrected chi connectivity index (χ0v) is 46.5. The van der Waals surface area contributed by atoms with E-state index in [0.717, 1.165) is 124 Å². The number of para-hydroxylation sites is 6. The Balaban J connectivity index is 1.24. The largest absolute Gasteiger partial charge is 0.496 e. The van der Waals surface area contributed by atoms with Crippen LogP contribution in [0.25, 0.3) is 66.8 Å². The summed E-state index contributed by atoms with van der Waals surface area (Å²) in [4.78, 5) is 0. The molecule has 10 nitrogen and oxygen atoms in total. The third-order valence-electron chi connectivity index (χ3n) is 14.4. The predicted octanol–water partition coefficient (Wildman–Crippen LogP) is 18.7. The maximum atomic E-state index is 6.40. The van der Waals surface area contributed by atoms with Crippen molar-refractivity contribution in [1.82, 2.24) is 0 Å².